The lowest BCUT2D eigenvalue weighted by molar-refractivity contribution is -0.133. The summed E-state index contributed by atoms with van der Waals surface area (Å²) in [6, 6.07) is 0. The standard InChI is InChI=1S/C10H14O2/c1-7(9(11)12)10-4-2-8(6-10)3-5-10/h8H,1-6H2,(H,11,12). The fourth-order valence-corrected chi connectivity index (χ4v) is 2.84. The van der Waals surface area contributed by atoms with Crippen LogP contribution in [0, 0.1) is 11.3 Å². The molecule has 2 saturated carbocycles. The number of carboxylic acid groups (broad SMARTS) is 1. The average molecular weight is 166 g/mol. The molecule has 2 rings (SSSR count). The zero-order valence-corrected chi connectivity index (χ0v) is 7.18. The van der Waals surface area contributed by atoms with Crippen LogP contribution >= 0.6 is 0 Å². The van der Waals surface area contributed by atoms with E-state index >= 15 is 0 Å². The molecule has 0 amide bonds. The maximum Gasteiger partial charge on any atom is 0.331 e. The summed E-state index contributed by atoms with van der Waals surface area (Å²) in [5.74, 6) is -0.00125. The largest absolute Gasteiger partial charge is 0.478 e. The van der Waals surface area contributed by atoms with Crippen LogP contribution in [0.15, 0.2) is 12.2 Å². The van der Waals surface area contributed by atoms with Gasteiger partial charge in [0, 0.05) is 11.0 Å². The van der Waals surface area contributed by atoms with Crippen LogP contribution in [0.1, 0.15) is 32.1 Å². The number of hydrogen-bond donors (Lipinski definition) is 1. The van der Waals surface area contributed by atoms with Crippen molar-refractivity contribution >= 4 is 5.97 Å². The zero-order chi connectivity index (χ0) is 8.77. The number of fused-ring (bicyclic) bond motifs is 2. The summed E-state index contributed by atoms with van der Waals surface area (Å²) in [4.78, 5) is 10.8. The highest BCUT2D eigenvalue weighted by atomic mass is 16.4. The normalized spacial score (nSPS) is 38.5. The fraction of sp³-hybridized carbons (Fsp3) is 0.700. The first-order valence-corrected chi connectivity index (χ1v) is 4.57. The molecule has 2 bridgehead atoms. The number of carbonyl (C=O) groups is 1. The molecule has 2 heteroatoms. The lowest BCUT2D eigenvalue weighted by atomic mass is 9.78. The van der Waals surface area contributed by atoms with Crippen LogP contribution in [0.2, 0.25) is 0 Å². The van der Waals surface area contributed by atoms with Crippen LogP contribution in [-0.2, 0) is 4.79 Å². The van der Waals surface area contributed by atoms with Gasteiger partial charge in [0.1, 0.15) is 0 Å². The summed E-state index contributed by atoms with van der Waals surface area (Å²) >= 11 is 0. The first-order valence-electron chi connectivity index (χ1n) is 4.57. The molecule has 0 aliphatic heterocycles. The van der Waals surface area contributed by atoms with Gasteiger partial charge in [-0.3, -0.25) is 0 Å². The van der Waals surface area contributed by atoms with Gasteiger partial charge in [-0.25, -0.2) is 4.79 Å². The van der Waals surface area contributed by atoms with E-state index in [-0.39, 0.29) is 5.41 Å². The Labute approximate surface area is 72.3 Å². The molecule has 2 fully saturated rings. The Morgan fingerprint density at radius 3 is 2.33 bits per heavy atom. The Morgan fingerprint density at radius 1 is 1.42 bits per heavy atom. The number of hydrogen-bond acceptors (Lipinski definition) is 1. The van der Waals surface area contributed by atoms with Gasteiger partial charge in [0.25, 0.3) is 0 Å². The van der Waals surface area contributed by atoms with Crippen LogP contribution in [0.4, 0.5) is 0 Å². The summed E-state index contributed by atoms with van der Waals surface area (Å²) in [5.41, 5.74) is 0.457. The highest BCUT2D eigenvalue weighted by Crippen LogP contribution is 2.57. The van der Waals surface area contributed by atoms with Crippen molar-refractivity contribution in [3.63, 3.8) is 0 Å². The number of carboxylic acids is 1. The van der Waals surface area contributed by atoms with Crippen LogP contribution in [0.25, 0.3) is 0 Å². The molecule has 0 saturated heterocycles. The molecule has 0 heterocycles. The second kappa shape index (κ2) is 2.35. The molecular weight excluding hydrogens is 152 g/mol. The molecule has 66 valence electrons. The molecule has 2 aliphatic carbocycles. The smallest absolute Gasteiger partial charge is 0.331 e. The average Bonchev–Trinajstić information content (AvgIpc) is 2.62. The lowest BCUT2D eigenvalue weighted by Crippen LogP contribution is -2.22. The van der Waals surface area contributed by atoms with E-state index in [0.717, 1.165) is 25.2 Å². The molecule has 12 heavy (non-hydrogen) atoms. The van der Waals surface area contributed by atoms with Gasteiger partial charge in [0.15, 0.2) is 0 Å². The van der Waals surface area contributed by atoms with Crippen molar-refractivity contribution in [2.75, 3.05) is 0 Å². The maximum atomic E-state index is 10.8. The predicted molar refractivity (Wildman–Crippen MR) is 45.8 cm³/mol. The van der Waals surface area contributed by atoms with Gasteiger partial charge in [0.2, 0.25) is 0 Å². The number of aliphatic carboxylic acids is 1. The summed E-state index contributed by atoms with van der Waals surface area (Å²) in [6.45, 7) is 3.71. The predicted octanol–water partition coefficient (Wildman–Crippen LogP) is 2.21. The maximum absolute atomic E-state index is 10.8. The van der Waals surface area contributed by atoms with Crippen molar-refractivity contribution in [3.05, 3.63) is 12.2 Å². The van der Waals surface area contributed by atoms with Crippen molar-refractivity contribution in [2.24, 2.45) is 11.3 Å². The third-order valence-electron chi connectivity index (χ3n) is 3.64. The molecule has 0 spiro atoms. The number of rotatable bonds is 2. The highest BCUT2D eigenvalue weighted by molar-refractivity contribution is 5.87. The lowest BCUT2D eigenvalue weighted by Gasteiger charge is -2.26. The van der Waals surface area contributed by atoms with Crippen molar-refractivity contribution in [3.8, 4) is 0 Å². The molecule has 2 aliphatic rings. The molecule has 0 radical (unpaired) electrons. The molecule has 0 aromatic heterocycles. The molecule has 2 nitrogen and oxygen atoms in total. The third kappa shape index (κ3) is 0.904. The van der Waals surface area contributed by atoms with E-state index in [1.54, 1.807) is 0 Å². The minimum absolute atomic E-state index is 0.00347. The van der Waals surface area contributed by atoms with E-state index in [4.69, 9.17) is 5.11 Å². The molecular formula is C10H14O2. The zero-order valence-electron chi connectivity index (χ0n) is 7.18. The SMILES string of the molecule is C=C(C(=O)O)C12CCC(CC1)C2. The summed E-state index contributed by atoms with van der Waals surface area (Å²) in [7, 11) is 0. The quantitative estimate of drug-likeness (QED) is 0.638. The van der Waals surface area contributed by atoms with E-state index in [1.165, 1.54) is 12.8 Å². The fourth-order valence-electron chi connectivity index (χ4n) is 2.84. The van der Waals surface area contributed by atoms with Gasteiger partial charge >= 0.3 is 5.97 Å². The third-order valence-corrected chi connectivity index (χ3v) is 3.64. The van der Waals surface area contributed by atoms with Crippen LogP contribution in [0.5, 0.6) is 0 Å². The first-order chi connectivity index (χ1) is 5.64. The van der Waals surface area contributed by atoms with Crippen molar-refractivity contribution < 1.29 is 9.90 Å². The summed E-state index contributed by atoms with van der Waals surface area (Å²) in [5, 5.41) is 8.86. The molecule has 0 aromatic rings. The second-order valence-electron chi connectivity index (χ2n) is 4.21. The Hall–Kier alpha value is -0.790. The highest BCUT2D eigenvalue weighted by Gasteiger charge is 2.48. The monoisotopic (exact) mass is 166 g/mol. The Kier molecular flexibility index (Phi) is 1.53. The molecule has 1 N–H and O–H groups in total. The molecule has 0 unspecified atom stereocenters. The van der Waals surface area contributed by atoms with Crippen molar-refractivity contribution in [1.29, 1.82) is 0 Å². The van der Waals surface area contributed by atoms with E-state index < -0.39 is 5.97 Å². The Bertz CT molecular complexity index is 234. The van der Waals surface area contributed by atoms with E-state index in [2.05, 4.69) is 6.58 Å². The minimum Gasteiger partial charge on any atom is -0.478 e. The van der Waals surface area contributed by atoms with Crippen LogP contribution in [-0.4, -0.2) is 11.1 Å². The van der Waals surface area contributed by atoms with Gasteiger partial charge < -0.3 is 5.11 Å². The minimum atomic E-state index is -0.794. The first kappa shape index (κ1) is 7.84. The van der Waals surface area contributed by atoms with Crippen molar-refractivity contribution in [2.45, 2.75) is 32.1 Å². The van der Waals surface area contributed by atoms with Gasteiger partial charge in [-0.15, -0.1) is 0 Å². The Balaban J connectivity index is 2.21. The van der Waals surface area contributed by atoms with Gasteiger partial charge in [-0.1, -0.05) is 6.58 Å². The Morgan fingerprint density at radius 2 is 2.00 bits per heavy atom. The van der Waals surface area contributed by atoms with Gasteiger partial charge in [-0.2, -0.15) is 0 Å². The molecule has 0 aromatic carbocycles. The van der Waals surface area contributed by atoms with Crippen molar-refractivity contribution in [1.82, 2.24) is 0 Å². The summed E-state index contributed by atoms with van der Waals surface area (Å²) < 4.78 is 0. The summed E-state index contributed by atoms with van der Waals surface area (Å²) in [6.07, 6.45) is 5.63. The van der Waals surface area contributed by atoms with Gasteiger partial charge in [-0.05, 0) is 38.0 Å². The topological polar surface area (TPSA) is 37.3 Å². The van der Waals surface area contributed by atoms with E-state index in [9.17, 15) is 4.79 Å². The van der Waals surface area contributed by atoms with Crippen LogP contribution in [0.3, 0.4) is 0 Å². The van der Waals surface area contributed by atoms with E-state index in [0.29, 0.717) is 5.57 Å². The second-order valence-corrected chi connectivity index (χ2v) is 4.21. The van der Waals surface area contributed by atoms with Crippen LogP contribution < -0.4 is 0 Å². The van der Waals surface area contributed by atoms with E-state index in [1.807, 2.05) is 0 Å². The molecule has 0 atom stereocenters. The van der Waals surface area contributed by atoms with Gasteiger partial charge in [0.05, 0.1) is 0 Å².